The molecule has 0 radical (unpaired) electrons. The second kappa shape index (κ2) is 7.58. The van der Waals surface area contributed by atoms with E-state index in [4.69, 9.17) is 4.74 Å². The van der Waals surface area contributed by atoms with E-state index in [9.17, 15) is 14.9 Å². The number of hydrogen-bond donors (Lipinski definition) is 0. The number of benzene rings is 1. The second-order valence-corrected chi connectivity index (χ2v) is 5.42. The zero-order chi connectivity index (χ0) is 16.8. The first-order valence-corrected chi connectivity index (χ1v) is 7.53. The van der Waals surface area contributed by atoms with Crippen LogP contribution in [0.25, 0.3) is 0 Å². The van der Waals surface area contributed by atoms with Crippen molar-refractivity contribution >= 4 is 5.69 Å². The van der Waals surface area contributed by atoms with E-state index >= 15 is 0 Å². The van der Waals surface area contributed by atoms with Crippen molar-refractivity contribution in [3.8, 4) is 5.75 Å². The Morgan fingerprint density at radius 3 is 2.65 bits per heavy atom. The molecule has 0 spiro atoms. The summed E-state index contributed by atoms with van der Waals surface area (Å²) in [4.78, 5) is 22.3. The molecule has 0 aliphatic carbocycles. The van der Waals surface area contributed by atoms with Crippen LogP contribution in [0.4, 0.5) is 5.69 Å². The number of pyridine rings is 1. The van der Waals surface area contributed by atoms with E-state index in [2.05, 4.69) is 0 Å². The predicted molar refractivity (Wildman–Crippen MR) is 88.0 cm³/mol. The third-order valence-electron chi connectivity index (χ3n) is 3.66. The van der Waals surface area contributed by atoms with Crippen molar-refractivity contribution in [2.75, 3.05) is 6.61 Å². The van der Waals surface area contributed by atoms with Crippen LogP contribution in [-0.2, 0) is 6.54 Å². The Balaban J connectivity index is 1.88. The molecule has 6 nitrogen and oxygen atoms in total. The van der Waals surface area contributed by atoms with E-state index in [-0.39, 0.29) is 11.2 Å². The summed E-state index contributed by atoms with van der Waals surface area (Å²) in [5.41, 5.74) is 1.29. The number of aromatic nitrogens is 1. The van der Waals surface area contributed by atoms with E-state index in [0.29, 0.717) is 25.3 Å². The van der Waals surface area contributed by atoms with Crippen LogP contribution in [0, 0.1) is 24.0 Å². The van der Waals surface area contributed by atoms with Crippen molar-refractivity contribution in [3.05, 3.63) is 68.1 Å². The minimum absolute atomic E-state index is 0.0272. The van der Waals surface area contributed by atoms with Gasteiger partial charge in [-0.15, -0.1) is 0 Å². The summed E-state index contributed by atoms with van der Waals surface area (Å²) < 4.78 is 7.10. The van der Waals surface area contributed by atoms with Crippen molar-refractivity contribution in [1.82, 2.24) is 4.57 Å². The molecule has 0 aliphatic heterocycles. The largest absolute Gasteiger partial charge is 0.494 e. The number of aryl methyl sites for hydroxylation is 1. The number of nitrogens with zero attached hydrogens (tertiary/aromatic N) is 2. The molecule has 0 aliphatic rings. The van der Waals surface area contributed by atoms with E-state index in [1.807, 2.05) is 31.2 Å². The highest BCUT2D eigenvalue weighted by Gasteiger charge is 2.14. The maximum atomic E-state index is 11.8. The van der Waals surface area contributed by atoms with E-state index < -0.39 is 4.92 Å². The first-order chi connectivity index (χ1) is 11.0. The molecular weight excluding hydrogens is 296 g/mol. The third-order valence-corrected chi connectivity index (χ3v) is 3.66. The van der Waals surface area contributed by atoms with Crippen molar-refractivity contribution in [3.63, 3.8) is 0 Å². The quantitative estimate of drug-likeness (QED) is 0.446. The molecule has 1 heterocycles. The highest BCUT2D eigenvalue weighted by molar-refractivity contribution is 5.34. The molecule has 1 aromatic carbocycles. The molecule has 2 rings (SSSR count). The van der Waals surface area contributed by atoms with Gasteiger partial charge in [-0.2, -0.15) is 0 Å². The van der Waals surface area contributed by atoms with Gasteiger partial charge in [0.15, 0.2) is 0 Å². The van der Waals surface area contributed by atoms with Crippen LogP contribution in [0.1, 0.15) is 24.1 Å². The Morgan fingerprint density at radius 1 is 1.17 bits per heavy atom. The lowest BCUT2D eigenvalue weighted by Gasteiger charge is -2.10. The van der Waals surface area contributed by atoms with Gasteiger partial charge < -0.3 is 9.30 Å². The first kappa shape index (κ1) is 16.7. The zero-order valence-electron chi connectivity index (χ0n) is 13.3. The molecular formula is C17H20N2O4. The summed E-state index contributed by atoms with van der Waals surface area (Å²) in [5.74, 6) is 0.827. The second-order valence-electron chi connectivity index (χ2n) is 5.42. The Bertz CT molecular complexity index is 752. The number of ether oxygens (including phenoxy) is 1. The average molecular weight is 316 g/mol. The SMILES string of the molecule is Cc1cccc(OCCCCn2c(C)c([N+](=O)[O-])ccc2=O)c1. The van der Waals surface area contributed by atoms with Gasteiger partial charge in [-0.25, -0.2) is 0 Å². The fraction of sp³-hybridized carbons (Fsp3) is 0.353. The Kier molecular flexibility index (Phi) is 5.51. The van der Waals surface area contributed by atoms with Gasteiger partial charge in [0.1, 0.15) is 5.75 Å². The van der Waals surface area contributed by atoms with E-state index in [0.717, 1.165) is 17.7 Å². The van der Waals surface area contributed by atoms with Gasteiger partial charge in [0, 0.05) is 18.7 Å². The smallest absolute Gasteiger partial charge is 0.288 e. The predicted octanol–water partition coefficient (Wildman–Crippen LogP) is 3.23. The molecule has 2 aromatic rings. The lowest BCUT2D eigenvalue weighted by atomic mass is 10.2. The standard InChI is InChI=1S/C17H20N2O4/c1-13-6-5-7-15(12-13)23-11-4-3-10-18-14(2)16(19(21)22)8-9-17(18)20/h5-9,12H,3-4,10-11H2,1-2H3. The molecule has 122 valence electrons. The molecule has 1 aromatic heterocycles. The Labute approximate surface area is 134 Å². The average Bonchev–Trinajstić information content (AvgIpc) is 2.49. The fourth-order valence-electron chi connectivity index (χ4n) is 2.40. The summed E-state index contributed by atoms with van der Waals surface area (Å²) >= 11 is 0. The van der Waals surface area contributed by atoms with Gasteiger partial charge in [-0.3, -0.25) is 14.9 Å². The van der Waals surface area contributed by atoms with E-state index in [1.165, 1.54) is 16.7 Å². The summed E-state index contributed by atoms with van der Waals surface area (Å²) in [7, 11) is 0. The van der Waals surface area contributed by atoms with Gasteiger partial charge in [-0.05, 0) is 44.4 Å². The van der Waals surface area contributed by atoms with Crippen molar-refractivity contribution < 1.29 is 9.66 Å². The van der Waals surface area contributed by atoms with Crippen LogP contribution in [0.15, 0.2) is 41.2 Å². The Morgan fingerprint density at radius 2 is 1.96 bits per heavy atom. The van der Waals surface area contributed by atoms with Gasteiger partial charge in [0.05, 0.1) is 17.2 Å². The maximum Gasteiger partial charge on any atom is 0.288 e. The van der Waals surface area contributed by atoms with Crippen LogP contribution in [-0.4, -0.2) is 16.1 Å². The van der Waals surface area contributed by atoms with Crippen molar-refractivity contribution in [2.45, 2.75) is 33.2 Å². The molecule has 0 saturated heterocycles. The number of nitro groups is 1. The highest BCUT2D eigenvalue weighted by Crippen LogP contribution is 2.15. The normalized spacial score (nSPS) is 10.5. The first-order valence-electron chi connectivity index (χ1n) is 7.53. The summed E-state index contributed by atoms with van der Waals surface area (Å²) in [5, 5.41) is 10.9. The monoisotopic (exact) mass is 316 g/mol. The molecule has 0 N–H and O–H groups in total. The topological polar surface area (TPSA) is 74.4 Å². The highest BCUT2D eigenvalue weighted by atomic mass is 16.6. The molecule has 0 fully saturated rings. The van der Waals surface area contributed by atoms with Crippen LogP contribution < -0.4 is 10.3 Å². The summed E-state index contributed by atoms with van der Waals surface area (Å²) in [6.45, 7) is 4.60. The van der Waals surface area contributed by atoms with Crippen LogP contribution in [0.3, 0.4) is 0 Å². The fourth-order valence-corrected chi connectivity index (χ4v) is 2.40. The third kappa shape index (κ3) is 4.42. The van der Waals surface area contributed by atoms with Crippen LogP contribution in [0.5, 0.6) is 5.75 Å². The number of hydrogen-bond acceptors (Lipinski definition) is 4. The molecule has 0 saturated carbocycles. The van der Waals surface area contributed by atoms with E-state index in [1.54, 1.807) is 6.92 Å². The lowest BCUT2D eigenvalue weighted by molar-refractivity contribution is -0.386. The van der Waals surface area contributed by atoms with Gasteiger partial charge in [0.25, 0.3) is 11.2 Å². The maximum absolute atomic E-state index is 11.8. The molecule has 0 unspecified atom stereocenters. The minimum atomic E-state index is -0.466. The van der Waals surface area contributed by atoms with Crippen LogP contribution in [0.2, 0.25) is 0 Å². The summed E-state index contributed by atoms with van der Waals surface area (Å²) in [6.07, 6.45) is 1.48. The van der Waals surface area contributed by atoms with Gasteiger partial charge in [-0.1, -0.05) is 12.1 Å². The summed E-state index contributed by atoms with van der Waals surface area (Å²) in [6, 6.07) is 10.3. The van der Waals surface area contributed by atoms with Gasteiger partial charge >= 0.3 is 0 Å². The lowest BCUT2D eigenvalue weighted by Crippen LogP contribution is -2.22. The minimum Gasteiger partial charge on any atom is -0.494 e. The molecule has 23 heavy (non-hydrogen) atoms. The molecule has 6 heteroatoms. The zero-order valence-corrected chi connectivity index (χ0v) is 13.3. The Hall–Kier alpha value is -2.63. The molecule has 0 bridgehead atoms. The van der Waals surface area contributed by atoms with Crippen molar-refractivity contribution in [2.24, 2.45) is 0 Å². The van der Waals surface area contributed by atoms with Gasteiger partial charge in [0.2, 0.25) is 0 Å². The number of unbranched alkanes of at least 4 members (excludes halogenated alkanes) is 1. The molecule has 0 atom stereocenters. The van der Waals surface area contributed by atoms with Crippen LogP contribution >= 0.6 is 0 Å². The molecule has 0 amide bonds. The number of rotatable bonds is 7. The van der Waals surface area contributed by atoms with Crippen molar-refractivity contribution in [1.29, 1.82) is 0 Å².